The fraction of sp³-hybridized carbons (Fsp3) is 0.167. The van der Waals surface area contributed by atoms with Crippen LogP contribution in [0.25, 0.3) is 22.0 Å². The van der Waals surface area contributed by atoms with Crippen LogP contribution < -0.4 is 10.2 Å². The van der Waals surface area contributed by atoms with Gasteiger partial charge in [-0.15, -0.1) is 0 Å². The second-order valence-electron chi connectivity index (χ2n) is 7.58. The Bertz CT molecular complexity index is 1140. The number of hydrogen-bond donors (Lipinski definition) is 2. The fourth-order valence-corrected chi connectivity index (χ4v) is 4.13. The highest BCUT2D eigenvalue weighted by molar-refractivity contribution is 6.02. The zero-order chi connectivity index (χ0) is 18.5. The van der Waals surface area contributed by atoms with Crippen molar-refractivity contribution in [3.05, 3.63) is 83.6 Å². The summed E-state index contributed by atoms with van der Waals surface area (Å²) in [6.07, 6.45) is 2.16. The first-order chi connectivity index (χ1) is 13.1. The molecule has 0 fully saturated rings. The summed E-state index contributed by atoms with van der Waals surface area (Å²) in [7, 11) is 4.15. The zero-order valence-corrected chi connectivity index (χ0v) is 15.9. The number of rotatable bonds is 2. The lowest BCUT2D eigenvalue weighted by molar-refractivity contribution is 0.951. The van der Waals surface area contributed by atoms with Crippen molar-refractivity contribution in [1.82, 2.24) is 4.98 Å². The number of hydrogen-bond acceptors (Lipinski definition) is 2. The molecule has 4 aromatic rings. The van der Waals surface area contributed by atoms with Crippen LogP contribution in [0.15, 0.2) is 66.9 Å². The Hall–Kier alpha value is -3.20. The number of aromatic nitrogens is 1. The van der Waals surface area contributed by atoms with Gasteiger partial charge in [0, 0.05) is 53.7 Å². The highest BCUT2D eigenvalue weighted by Gasteiger charge is 2.25. The van der Waals surface area contributed by atoms with Crippen molar-refractivity contribution in [2.24, 2.45) is 0 Å². The molecule has 3 heteroatoms. The molecule has 2 N–H and O–H groups in total. The van der Waals surface area contributed by atoms with Crippen LogP contribution in [0.3, 0.4) is 0 Å². The Balaban J connectivity index is 1.75. The van der Waals surface area contributed by atoms with E-state index in [1.807, 2.05) is 0 Å². The second kappa shape index (κ2) is 5.92. The van der Waals surface area contributed by atoms with Gasteiger partial charge in [-0.1, -0.05) is 35.9 Å². The van der Waals surface area contributed by atoms with Gasteiger partial charge in [0.1, 0.15) is 0 Å². The smallest absolute Gasteiger partial charge is 0.0788 e. The summed E-state index contributed by atoms with van der Waals surface area (Å²) in [6, 6.07) is 22.2. The molecule has 1 unspecified atom stereocenters. The maximum Gasteiger partial charge on any atom is 0.0788 e. The molecule has 0 amide bonds. The number of fused-ring (bicyclic) bond motifs is 2. The topological polar surface area (TPSA) is 31.1 Å². The highest BCUT2D eigenvalue weighted by Crippen LogP contribution is 2.44. The van der Waals surface area contributed by atoms with Gasteiger partial charge in [0.25, 0.3) is 0 Å². The van der Waals surface area contributed by atoms with Crippen molar-refractivity contribution >= 4 is 22.3 Å². The average Bonchev–Trinajstić information content (AvgIpc) is 3.05. The SMILES string of the molecule is Cc1ccc2c(c1)-c1cccc3[nH]cc(c13)C(c1ccc(N(C)C)cc1)N2. The van der Waals surface area contributed by atoms with Gasteiger partial charge in [0.05, 0.1) is 6.04 Å². The number of aryl methyl sites for hydroxylation is 1. The van der Waals surface area contributed by atoms with Crippen LogP contribution in [0.5, 0.6) is 0 Å². The monoisotopic (exact) mass is 353 g/mol. The van der Waals surface area contributed by atoms with Crippen LogP contribution in [-0.2, 0) is 0 Å². The number of aromatic amines is 1. The Morgan fingerprint density at radius 2 is 1.70 bits per heavy atom. The lowest BCUT2D eigenvalue weighted by atomic mass is 9.95. The number of anilines is 2. The first-order valence-corrected chi connectivity index (χ1v) is 9.36. The second-order valence-corrected chi connectivity index (χ2v) is 7.58. The molecular weight excluding hydrogens is 330 g/mol. The molecule has 1 aliphatic rings. The molecule has 0 radical (unpaired) electrons. The molecule has 1 aliphatic heterocycles. The van der Waals surface area contributed by atoms with Crippen LogP contribution in [-0.4, -0.2) is 19.1 Å². The predicted molar refractivity (Wildman–Crippen MR) is 115 cm³/mol. The Morgan fingerprint density at radius 3 is 2.48 bits per heavy atom. The van der Waals surface area contributed by atoms with Gasteiger partial charge >= 0.3 is 0 Å². The molecule has 5 rings (SSSR count). The van der Waals surface area contributed by atoms with E-state index in [1.54, 1.807) is 0 Å². The molecule has 27 heavy (non-hydrogen) atoms. The molecule has 0 spiro atoms. The third kappa shape index (κ3) is 2.50. The molecule has 0 saturated carbocycles. The fourth-order valence-electron chi connectivity index (χ4n) is 4.13. The quantitative estimate of drug-likeness (QED) is 0.482. The Morgan fingerprint density at radius 1 is 0.889 bits per heavy atom. The summed E-state index contributed by atoms with van der Waals surface area (Å²) in [5, 5.41) is 5.13. The van der Waals surface area contributed by atoms with Gasteiger partial charge in [0.2, 0.25) is 0 Å². The van der Waals surface area contributed by atoms with Crippen LogP contribution in [0.2, 0.25) is 0 Å². The van der Waals surface area contributed by atoms with E-state index in [2.05, 4.69) is 103 Å². The van der Waals surface area contributed by atoms with E-state index in [0.29, 0.717) is 0 Å². The van der Waals surface area contributed by atoms with Crippen LogP contribution in [0, 0.1) is 6.92 Å². The number of benzene rings is 3. The first-order valence-electron chi connectivity index (χ1n) is 9.36. The van der Waals surface area contributed by atoms with E-state index in [-0.39, 0.29) is 6.04 Å². The van der Waals surface area contributed by atoms with E-state index in [4.69, 9.17) is 0 Å². The molecule has 134 valence electrons. The van der Waals surface area contributed by atoms with E-state index in [0.717, 1.165) is 0 Å². The molecule has 0 aliphatic carbocycles. The van der Waals surface area contributed by atoms with Gasteiger partial charge in [-0.05, 0) is 48.4 Å². The summed E-state index contributed by atoms with van der Waals surface area (Å²) >= 11 is 0. The Labute approximate surface area is 159 Å². The summed E-state index contributed by atoms with van der Waals surface area (Å²) in [6.45, 7) is 2.15. The van der Waals surface area contributed by atoms with Crippen LogP contribution in [0.1, 0.15) is 22.7 Å². The average molecular weight is 353 g/mol. The number of nitrogens with zero attached hydrogens (tertiary/aromatic N) is 1. The van der Waals surface area contributed by atoms with Crippen LogP contribution in [0.4, 0.5) is 11.4 Å². The van der Waals surface area contributed by atoms with Crippen molar-refractivity contribution in [3.63, 3.8) is 0 Å². The first kappa shape index (κ1) is 16.0. The van der Waals surface area contributed by atoms with Gasteiger partial charge < -0.3 is 15.2 Å². The lowest BCUT2D eigenvalue weighted by Gasteiger charge is -2.21. The Kier molecular flexibility index (Phi) is 3.51. The van der Waals surface area contributed by atoms with Crippen molar-refractivity contribution in [3.8, 4) is 11.1 Å². The molecular formula is C24H23N3. The summed E-state index contributed by atoms with van der Waals surface area (Å²) < 4.78 is 0. The molecule has 1 atom stereocenters. The highest BCUT2D eigenvalue weighted by atomic mass is 15.1. The molecule has 1 aromatic heterocycles. The number of H-pyrrole nitrogens is 1. The molecule has 3 aromatic carbocycles. The minimum Gasteiger partial charge on any atom is -0.378 e. The molecule has 0 saturated heterocycles. The van der Waals surface area contributed by atoms with Gasteiger partial charge in [0.15, 0.2) is 0 Å². The normalized spacial score (nSPS) is 15.1. The maximum absolute atomic E-state index is 3.81. The molecule has 0 bridgehead atoms. The van der Waals surface area contributed by atoms with Gasteiger partial charge in [-0.25, -0.2) is 0 Å². The third-order valence-corrected chi connectivity index (χ3v) is 5.56. The van der Waals surface area contributed by atoms with E-state index < -0.39 is 0 Å². The minimum atomic E-state index is 0.111. The lowest BCUT2D eigenvalue weighted by Crippen LogP contribution is -2.12. The standard InChI is InChI=1S/C24H23N3/c1-15-7-12-21-19(13-15)18-5-4-6-22-23(18)20(14-25-22)24(26-21)16-8-10-17(11-9-16)27(2)3/h4-14,24-26H,1-3H3. The van der Waals surface area contributed by atoms with Crippen molar-refractivity contribution in [1.29, 1.82) is 0 Å². The summed E-state index contributed by atoms with van der Waals surface area (Å²) in [5.74, 6) is 0. The van der Waals surface area contributed by atoms with Crippen molar-refractivity contribution in [2.45, 2.75) is 13.0 Å². The van der Waals surface area contributed by atoms with E-state index in [9.17, 15) is 0 Å². The third-order valence-electron chi connectivity index (χ3n) is 5.56. The van der Waals surface area contributed by atoms with E-state index in [1.165, 1.54) is 50.1 Å². The van der Waals surface area contributed by atoms with E-state index >= 15 is 0 Å². The number of nitrogens with one attached hydrogen (secondary N) is 2. The summed E-state index contributed by atoms with van der Waals surface area (Å²) in [4.78, 5) is 5.61. The predicted octanol–water partition coefficient (Wildman–Crippen LogP) is 5.72. The van der Waals surface area contributed by atoms with Crippen molar-refractivity contribution < 1.29 is 0 Å². The van der Waals surface area contributed by atoms with Gasteiger partial charge in [-0.3, -0.25) is 0 Å². The zero-order valence-electron chi connectivity index (χ0n) is 15.9. The molecule has 2 heterocycles. The van der Waals surface area contributed by atoms with Crippen molar-refractivity contribution in [2.75, 3.05) is 24.3 Å². The van der Waals surface area contributed by atoms with Crippen LogP contribution >= 0.6 is 0 Å². The molecule has 3 nitrogen and oxygen atoms in total. The maximum atomic E-state index is 3.81. The minimum absolute atomic E-state index is 0.111. The summed E-state index contributed by atoms with van der Waals surface area (Å²) in [5.41, 5.74) is 9.99. The largest absolute Gasteiger partial charge is 0.378 e. The van der Waals surface area contributed by atoms with Gasteiger partial charge in [-0.2, -0.15) is 0 Å².